The van der Waals surface area contributed by atoms with Crippen LogP contribution < -0.4 is 0 Å². The van der Waals surface area contributed by atoms with Gasteiger partial charge < -0.3 is 14.9 Å². The first kappa shape index (κ1) is 19.3. The Morgan fingerprint density at radius 2 is 1.77 bits per heavy atom. The van der Waals surface area contributed by atoms with Crippen LogP contribution in [0.25, 0.3) is 0 Å². The molecule has 0 aliphatic heterocycles. The number of hydrogen-bond acceptors (Lipinski definition) is 4. The second kappa shape index (κ2) is 8.20. The van der Waals surface area contributed by atoms with Crippen LogP contribution in [0.3, 0.4) is 0 Å². The van der Waals surface area contributed by atoms with Crippen molar-refractivity contribution in [2.24, 2.45) is 5.92 Å². The van der Waals surface area contributed by atoms with Gasteiger partial charge in [-0.1, -0.05) is 32.0 Å². The lowest BCUT2D eigenvalue weighted by molar-refractivity contribution is -0.0923. The zero-order valence-corrected chi connectivity index (χ0v) is 14.8. The predicted octanol–water partition coefficient (Wildman–Crippen LogP) is 2.36. The molecule has 0 bridgehead atoms. The highest BCUT2D eigenvalue weighted by Gasteiger charge is 2.45. The minimum absolute atomic E-state index is 0.235. The Morgan fingerprint density at radius 1 is 1.23 bits per heavy atom. The van der Waals surface area contributed by atoms with Crippen LogP contribution in [-0.4, -0.2) is 44.6 Å². The summed E-state index contributed by atoms with van der Waals surface area (Å²) in [7, 11) is -0.0428. The monoisotopic (exact) mass is 328 g/mol. The molecule has 5 heteroatoms. The van der Waals surface area contributed by atoms with Crippen LogP contribution in [0.15, 0.2) is 35.2 Å². The summed E-state index contributed by atoms with van der Waals surface area (Å²) in [6, 6.07) is 8.94. The summed E-state index contributed by atoms with van der Waals surface area (Å²) in [4.78, 5) is 0.596. The molecule has 0 saturated heterocycles. The molecule has 0 fully saturated rings. The van der Waals surface area contributed by atoms with Crippen molar-refractivity contribution < 1.29 is 19.2 Å². The summed E-state index contributed by atoms with van der Waals surface area (Å²) < 4.78 is 18.2. The summed E-state index contributed by atoms with van der Waals surface area (Å²) in [6.45, 7) is 7.27. The number of methoxy groups -OCH3 is 1. The van der Waals surface area contributed by atoms with E-state index in [1.807, 2.05) is 19.9 Å². The Bertz CT molecular complexity index is 473. The number of hydrogen-bond donors (Lipinski definition) is 2. The number of benzene rings is 1. The van der Waals surface area contributed by atoms with E-state index in [0.717, 1.165) is 0 Å². The van der Waals surface area contributed by atoms with Crippen molar-refractivity contribution in [3.8, 4) is 0 Å². The summed E-state index contributed by atoms with van der Waals surface area (Å²) in [5, 5.41) is 20.6. The Hall–Kier alpha value is -0.750. The van der Waals surface area contributed by atoms with Gasteiger partial charge in [-0.05, 0) is 38.3 Å². The van der Waals surface area contributed by atoms with Crippen molar-refractivity contribution in [2.75, 3.05) is 7.11 Å². The molecule has 0 aromatic heterocycles. The second-order valence-corrected chi connectivity index (χ2v) is 7.91. The minimum atomic E-state index is -1.54. The van der Waals surface area contributed by atoms with Crippen LogP contribution >= 0.6 is 0 Å². The van der Waals surface area contributed by atoms with Crippen molar-refractivity contribution >= 4 is 10.8 Å². The van der Waals surface area contributed by atoms with Gasteiger partial charge in [0.1, 0.15) is 5.60 Å². The van der Waals surface area contributed by atoms with Gasteiger partial charge in [-0.25, -0.2) is 0 Å². The molecule has 126 valence electrons. The van der Waals surface area contributed by atoms with E-state index in [0.29, 0.717) is 11.3 Å². The fraction of sp³-hybridized carbons (Fsp3) is 0.647. The van der Waals surface area contributed by atoms with E-state index in [9.17, 15) is 14.4 Å². The van der Waals surface area contributed by atoms with Gasteiger partial charge in [0, 0.05) is 12.0 Å². The SMILES string of the molecule is COC(C)C(C)(O)C(C(O)CC(C)C)S(=O)c1ccccc1. The van der Waals surface area contributed by atoms with Crippen LogP contribution in [0, 0.1) is 5.92 Å². The molecular weight excluding hydrogens is 300 g/mol. The highest BCUT2D eigenvalue weighted by atomic mass is 32.2. The van der Waals surface area contributed by atoms with Gasteiger partial charge in [0.2, 0.25) is 0 Å². The molecule has 5 unspecified atom stereocenters. The molecule has 0 amide bonds. The standard InChI is InChI=1S/C17H28O4S/c1-12(2)11-15(18)16(17(4,19)13(3)21-5)22(20)14-9-7-6-8-10-14/h6-10,12-13,15-16,18-19H,11H2,1-5H3. The van der Waals surface area contributed by atoms with Gasteiger partial charge in [0.05, 0.1) is 28.3 Å². The Kier molecular flexibility index (Phi) is 7.19. The van der Waals surface area contributed by atoms with Crippen LogP contribution in [0.2, 0.25) is 0 Å². The number of aliphatic hydroxyl groups excluding tert-OH is 1. The van der Waals surface area contributed by atoms with Crippen LogP contribution in [0.4, 0.5) is 0 Å². The van der Waals surface area contributed by atoms with E-state index < -0.39 is 33.9 Å². The van der Waals surface area contributed by atoms with Gasteiger partial charge in [-0.15, -0.1) is 0 Å². The third-order valence-corrected chi connectivity index (χ3v) is 6.01. The second-order valence-electron chi connectivity index (χ2n) is 6.33. The molecule has 5 atom stereocenters. The zero-order valence-electron chi connectivity index (χ0n) is 14.0. The number of rotatable bonds is 8. The quantitative estimate of drug-likeness (QED) is 0.769. The zero-order chi connectivity index (χ0) is 16.9. The van der Waals surface area contributed by atoms with Crippen LogP contribution in [0.5, 0.6) is 0 Å². The molecular formula is C17H28O4S. The van der Waals surface area contributed by atoms with E-state index in [1.165, 1.54) is 7.11 Å². The molecule has 0 aliphatic rings. The fourth-order valence-corrected chi connectivity index (χ4v) is 4.27. The fourth-order valence-electron chi connectivity index (χ4n) is 2.53. The summed E-state index contributed by atoms with van der Waals surface area (Å²) in [6.07, 6.45) is -0.962. The van der Waals surface area contributed by atoms with E-state index in [4.69, 9.17) is 4.74 Å². The topological polar surface area (TPSA) is 66.8 Å². The molecule has 0 saturated carbocycles. The van der Waals surface area contributed by atoms with Crippen molar-refractivity contribution in [3.63, 3.8) is 0 Å². The lowest BCUT2D eigenvalue weighted by atomic mass is 9.89. The maximum Gasteiger partial charge on any atom is 0.105 e. The maximum atomic E-state index is 13.0. The van der Waals surface area contributed by atoms with Crippen molar-refractivity contribution in [1.82, 2.24) is 0 Å². The molecule has 1 aromatic carbocycles. The number of aliphatic hydroxyl groups is 2. The summed E-state index contributed by atoms with van der Waals surface area (Å²) in [5.41, 5.74) is -1.41. The molecule has 1 aromatic rings. The Balaban J connectivity index is 3.19. The van der Waals surface area contributed by atoms with Gasteiger partial charge in [0.25, 0.3) is 0 Å². The van der Waals surface area contributed by atoms with Crippen molar-refractivity contribution in [3.05, 3.63) is 30.3 Å². The molecule has 0 aliphatic carbocycles. The Morgan fingerprint density at radius 3 is 2.23 bits per heavy atom. The van der Waals surface area contributed by atoms with Crippen LogP contribution in [-0.2, 0) is 15.5 Å². The lowest BCUT2D eigenvalue weighted by Crippen LogP contribution is -2.56. The van der Waals surface area contributed by atoms with Gasteiger partial charge in [-0.3, -0.25) is 4.21 Å². The minimum Gasteiger partial charge on any atom is -0.392 e. The maximum absolute atomic E-state index is 13.0. The number of ether oxygens (including phenoxy) is 1. The molecule has 0 radical (unpaired) electrons. The molecule has 2 N–H and O–H groups in total. The smallest absolute Gasteiger partial charge is 0.105 e. The highest BCUT2D eigenvalue weighted by Crippen LogP contribution is 2.30. The van der Waals surface area contributed by atoms with Gasteiger partial charge in [0.15, 0.2) is 0 Å². The largest absolute Gasteiger partial charge is 0.392 e. The third-order valence-electron chi connectivity index (χ3n) is 4.02. The van der Waals surface area contributed by atoms with Crippen LogP contribution in [0.1, 0.15) is 34.1 Å². The molecule has 4 nitrogen and oxygen atoms in total. The first-order chi connectivity index (χ1) is 10.2. The van der Waals surface area contributed by atoms with E-state index in [1.54, 1.807) is 38.1 Å². The first-order valence-corrected chi connectivity index (χ1v) is 8.82. The predicted molar refractivity (Wildman–Crippen MR) is 89.2 cm³/mol. The lowest BCUT2D eigenvalue weighted by Gasteiger charge is -2.39. The molecule has 0 heterocycles. The van der Waals surface area contributed by atoms with Crippen molar-refractivity contribution in [1.29, 1.82) is 0 Å². The van der Waals surface area contributed by atoms with Gasteiger partial charge >= 0.3 is 0 Å². The van der Waals surface area contributed by atoms with E-state index in [-0.39, 0.29) is 5.92 Å². The van der Waals surface area contributed by atoms with Gasteiger partial charge in [-0.2, -0.15) is 0 Å². The first-order valence-electron chi connectivity index (χ1n) is 7.60. The molecule has 22 heavy (non-hydrogen) atoms. The highest BCUT2D eigenvalue weighted by molar-refractivity contribution is 7.85. The molecule has 0 spiro atoms. The average molecular weight is 328 g/mol. The average Bonchev–Trinajstić information content (AvgIpc) is 2.46. The van der Waals surface area contributed by atoms with E-state index in [2.05, 4.69) is 0 Å². The van der Waals surface area contributed by atoms with Crippen molar-refractivity contribution in [2.45, 2.75) is 62.1 Å². The molecule has 1 rings (SSSR count). The summed E-state index contributed by atoms with van der Waals surface area (Å²) >= 11 is 0. The summed E-state index contributed by atoms with van der Waals surface area (Å²) in [5.74, 6) is 0.235. The third kappa shape index (κ3) is 4.62. The van der Waals surface area contributed by atoms with E-state index >= 15 is 0 Å². The normalized spacial score (nSPS) is 20.2. The Labute approximate surface area is 136 Å².